The molecule has 0 saturated carbocycles. The van der Waals surface area contributed by atoms with Crippen molar-refractivity contribution in [2.24, 2.45) is 0 Å². The number of amides is 1. The maximum Gasteiger partial charge on any atom is 0.240 e. The molecule has 30 heavy (non-hydrogen) atoms. The molecule has 2 aromatic rings. The number of halogens is 2. The number of hydrogen-bond donors (Lipinski definition) is 0. The number of rotatable bonds is 6. The van der Waals surface area contributed by atoms with Gasteiger partial charge in [0.25, 0.3) is 0 Å². The van der Waals surface area contributed by atoms with E-state index >= 15 is 0 Å². The van der Waals surface area contributed by atoms with Gasteiger partial charge in [0, 0.05) is 32.7 Å². The summed E-state index contributed by atoms with van der Waals surface area (Å²) in [7, 11) is 0. The van der Waals surface area contributed by atoms with Crippen molar-refractivity contribution in [2.45, 2.75) is 24.7 Å². The Morgan fingerprint density at radius 2 is 1.50 bits per heavy atom. The molecule has 0 aliphatic carbocycles. The normalized spacial score (nSPS) is 18.0. The van der Waals surface area contributed by atoms with Crippen LogP contribution in [0.3, 0.4) is 0 Å². The summed E-state index contributed by atoms with van der Waals surface area (Å²) in [5.74, 6) is 0.0257. The Bertz CT molecular complexity index is 837. The quantitative estimate of drug-likeness (QED) is 0.633. The monoisotopic (exact) mass is 448 g/mol. The summed E-state index contributed by atoms with van der Waals surface area (Å²) in [5.41, 5.74) is 0.197. The molecule has 0 unspecified atom stereocenters. The first-order valence-corrected chi connectivity index (χ1v) is 11.2. The number of aromatic nitrogens is 2. The Labute approximate surface area is 187 Å². The number of hydrogen-bond acceptors (Lipinski definition) is 5. The zero-order chi connectivity index (χ0) is 21.0. The van der Waals surface area contributed by atoms with Crippen LogP contribution >= 0.6 is 23.2 Å². The number of nitrogens with zero attached hydrogens (tertiary/aromatic N) is 4. The zero-order valence-electron chi connectivity index (χ0n) is 16.9. The smallest absolute Gasteiger partial charge is 0.240 e. The minimum absolute atomic E-state index is 0.0257. The van der Waals surface area contributed by atoms with Gasteiger partial charge in [-0.2, -0.15) is 0 Å². The van der Waals surface area contributed by atoms with Crippen molar-refractivity contribution >= 4 is 29.1 Å². The van der Waals surface area contributed by atoms with Gasteiger partial charge in [0.15, 0.2) is 0 Å². The second-order valence-electron chi connectivity index (χ2n) is 7.80. The maximum atomic E-state index is 14.1. The van der Waals surface area contributed by atoms with Gasteiger partial charge in [-0.1, -0.05) is 35.3 Å². The van der Waals surface area contributed by atoms with Crippen molar-refractivity contribution < 1.29 is 9.53 Å². The third-order valence-corrected chi connectivity index (χ3v) is 6.39. The Balaban J connectivity index is 1.81. The highest BCUT2D eigenvalue weighted by Crippen LogP contribution is 2.38. The molecule has 0 radical (unpaired) electrons. The van der Waals surface area contributed by atoms with E-state index in [4.69, 9.17) is 27.9 Å². The summed E-state index contributed by atoms with van der Waals surface area (Å²) in [6.07, 6.45) is 2.57. The number of carbonyl (C=O) groups is 1. The molecular weight excluding hydrogens is 423 g/mol. The highest BCUT2D eigenvalue weighted by atomic mass is 35.5. The molecule has 2 saturated heterocycles. The Morgan fingerprint density at radius 1 is 0.933 bits per heavy atom. The van der Waals surface area contributed by atoms with Crippen molar-refractivity contribution in [2.75, 3.05) is 45.9 Å². The lowest BCUT2D eigenvalue weighted by atomic mass is 9.75. The molecule has 0 spiro atoms. The van der Waals surface area contributed by atoms with E-state index in [-0.39, 0.29) is 5.91 Å². The molecule has 0 N–H and O–H groups in total. The Hall–Kier alpha value is -1.73. The Morgan fingerprint density at radius 3 is 2.03 bits per heavy atom. The summed E-state index contributed by atoms with van der Waals surface area (Å²) in [6.45, 7) is 5.33. The van der Waals surface area contributed by atoms with Crippen LogP contribution in [-0.2, 0) is 14.9 Å². The van der Waals surface area contributed by atoms with Gasteiger partial charge in [-0.15, -0.1) is 0 Å². The molecule has 2 aliphatic heterocycles. The van der Waals surface area contributed by atoms with Crippen LogP contribution < -0.4 is 0 Å². The van der Waals surface area contributed by atoms with Gasteiger partial charge in [-0.25, -0.2) is 9.97 Å². The van der Waals surface area contributed by atoms with E-state index in [1.165, 1.54) is 0 Å². The van der Waals surface area contributed by atoms with Crippen molar-refractivity contribution in [1.82, 2.24) is 19.8 Å². The van der Waals surface area contributed by atoms with Crippen LogP contribution in [0.2, 0.25) is 10.3 Å². The average Bonchev–Trinajstić information content (AvgIpc) is 3.30. The summed E-state index contributed by atoms with van der Waals surface area (Å²) >= 11 is 12.5. The van der Waals surface area contributed by atoms with E-state index in [1.54, 1.807) is 12.1 Å². The fourth-order valence-electron chi connectivity index (χ4n) is 4.35. The number of carbonyl (C=O) groups excluding carboxylic acids is 1. The minimum Gasteiger partial charge on any atom is -0.379 e. The second-order valence-corrected chi connectivity index (χ2v) is 8.57. The first-order chi connectivity index (χ1) is 14.6. The van der Waals surface area contributed by atoms with Gasteiger partial charge < -0.3 is 9.64 Å². The van der Waals surface area contributed by atoms with E-state index in [0.29, 0.717) is 41.3 Å². The molecule has 0 bridgehead atoms. The largest absolute Gasteiger partial charge is 0.379 e. The van der Waals surface area contributed by atoms with Crippen LogP contribution in [0, 0.1) is 0 Å². The van der Waals surface area contributed by atoms with E-state index < -0.39 is 5.41 Å². The second kappa shape index (κ2) is 9.60. The van der Waals surface area contributed by atoms with E-state index in [2.05, 4.69) is 14.9 Å². The maximum absolute atomic E-state index is 14.1. The fraction of sp³-hybridized carbons (Fsp3) is 0.500. The third-order valence-electron chi connectivity index (χ3n) is 5.97. The lowest BCUT2D eigenvalue weighted by Crippen LogP contribution is -2.50. The molecular formula is C22H26Cl2N4O2. The van der Waals surface area contributed by atoms with Gasteiger partial charge in [-0.3, -0.25) is 9.69 Å². The van der Waals surface area contributed by atoms with E-state index in [0.717, 1.165) is 45.6 Å². The number of ether oxygens (including phenoxy) is 1. The molecule has 4 rings (SSSR count). The van der Waals surface area contributed by atoms with E-state index in [1.807, 2.05) is 29.2 Å². The SMILES string of the molecule is O=C(N1CCCC1)C(CCN1CCOCC1)(c1cccc(Cl)n1)c1cccc(Cl)n1. The summed E-state index contributed by atoms with van der Waals surface area (Å²) in [5, 5.41) is 0.721. The lowest BCUT2D eigenvalue weighted by molar-refractivity contribution is -0.135. The number of pyridine rings is 2. The average molecular weight is 449 g/mol. The number of morpholine rings is 1. The van der Waals surface area contributed by atoms with Gasteiger partial charge in [0.05, 0.1) is 24.6 Å². The topological polar surface area (TPSA) is 58.6 Å². The molecule has 1 amide bonds. The summed E-state index contributed by atoms with van der Waals surface area (Å²) in [4.78, 5) is 27.5. The van der Waals surface area contributed by atoms with Gasteiger partial charge in [0.1, 0.15) is 15.7 Å². The molecule has 2 fully saturated rings. The molecule has 0 aromatic carbocycles. The molecule has 160 valence electrons. The van der Waals surface area contributed by atoms with Crippen LogP contribution in [0.15, 0.2) is 36.4 Å². The predicted molar refractivity (Wildman–Crippen MR) is 117 cm³/mol. The highest BCUT2D eigenvalue weighted by Gasteiger charge is 2.47. The van der Waals surface area contributed by atoms with Crippen LogP contribution in [0.25, 0.3) is 0 Å². The summed E-state index contributed by atoms with van der Waals surface area (Å²) in [6, 6.07) is 10.9. The van der Waals surface area contributed by atoms with Gasteiger partial charge in [0.2, 0.25) is 5.91 Å². The standard InChI is InChI=1S/C22H26Cl2N4O2/c23-19-7-3-5-17(25-19)22(18-6-4-8-20(24)26-18,21(29)28-10-1-2-11-28)9-12-27-13-15-30-16-14-27/h3-8H,1-2,9-16H2. The number of likely N-dealkylation sites (tertiary alicyclic amines) is 1. The molecule has 2 aliphatic rings. The fourth-order valence-corrected chi connectivity index (χ4v) is 4.67. The van der Waals surface area contributed by atoms with E-state index in [9.17, 15) is 4.79 Å². The highest BCUT2D eigenvalue weighted by molar-refractivity contribution is 6.29. The molecule has 6 nitrogen and oxygen atoms in total. The molecule has 8 heteroatoms. The Kier molecular flexibility index (Phi) is 6.88. The van der Waals surface area contributed by atoms with Crippen LogP contribution in [0.4, 0.5) is 0 Å². The van der Waals surface area contributed by atoms with Crippen molar-refractivity contribution in [3.05, 3.63) is 58.1 Å². The van der Waals surface area contributed by atoms with Crippen LogP contribution in [0.5, 0.6) is 0 Å². The third kappa shape index (κ3) is 4.47. The molecule has 4 heterocycles. The first-order valence-electron chi connectivity index (χ1n) is 10.5. The van der Waals surface area contributed by atoms with Crippen molar-refractivity contribution in [3.63, 3.8) is 0 Å². The van der Waals surface area contributed by atoms with Gasteiger partial charge in [-0.05, 0) is 43.5 Å². The summed E-state index contributed by atoms with van der Waals surface area (Å²) < 4.78 is 5.48. The molecule has 0 atom stereocenters. The van der Waals surface area contributed by atoms with Crippen LogP contribution in [-0.4, -0.2) is 71.6 Å². The van der Waals surface area contributed by atoms with Crippen LogP contribution in [0.1, 0.15) is 30.7 Å². The minimum atomic E-state index is -1.04. The molecule has 2 aromatic heterocycles. The predicted octanol–water partition coefficient (Wildman–Crippen LogP) is 3.41. The lowest BCUT2D eigenvalue weighted by Gasteiger charge is -2.37. The first kappa shape index (κ1) is 21.5. The van der Waals surface area contributed by atoms with Crippen molar-refractivity contribution in [1.29, 1.82) is 0 Å². The zero-order valence-corrected chi connectivity index (χ0v) is 18.4. The van der Waals surface area contributed by atoms with Crippen molar-refractivity contribution in [3.8, 4) is 0 Å². The van der Waals surface area contributed by atoms with Gasteiger partial charge >= 0.3 is 0 Å².